The summed E-state index contributed by atoms with van der Waals surface area (Å²) in [6.45, 7) is 20.5. The Kier molecular flexibility index (Phi) is 7.65. The lowest BCUT2D eigenvalue weighted by molar-refractivity contribution is 0.0743. The predicted molar refractivity (Wildman–Crippen MR) is 156 cm³/mol. The molecule has 3 aromatic rings. The molecule has 2 heterocycles. The summed E-state index contributed by atoms with van der Waals surface area (Å²) in [5, 5.41) is 20.4. The molecular weight excluding hydrogens is 515 g/mol. The first-order valence-electron chi connectivity index (χ1n) is 13.3. The quantitative estimate of drug-likeness (QED) is 0.323. The lowest BCUT2D eigenvalue weighted by atomic mass is 9.98. The summed E-state index contributed by atoms with van der Waals surface area (Å²) in [6, 6.07) is 12.7. The molecule has 4 rings (SSSR count). The molecule has 1 aromatic heterocycles. The molecule has 0 saturated carbocycles. The fraction of sp³-hybridized carbons (Fsp3) is 0.556. The van der Waals surface area contributed by atoms with E-state index in [0.717, 1.165) is 34.6 Å². The van der Waals surface area contributed by atoms with Gasteiger partial charge in [-0.2, -0.15) is 0 Å². The maximum Gasteiger partial charge on any atom is 0.339 e. The lowest BCUT2D eigenvalue weighted by Crippen LogP contribution is -2.72. The first kappa shape index (κ1) is 28.2. The van der Waals surface area contributed by atoms with Crippen LogP contribution in [-0.4, -0.2) is 56.5 Å². The molecule has 0 spiro atoms. The molecule has 202 valence electrons. The van der Waals surface area contributed by atoms with Gasteiger partial charge in [-0.05, 0) is 108 Å². The van der Waals surface area contributed by atoms with Crippen LogP contribution in [0.2, 0.25) is 38.8 Å². The van der Waals surface area contributed by atoms with Gasteiger partial charge in [0.25, 0.3) is 0 Å². The third-order valence-corrected chi connectivity index (χ3v) is 23.1. The molecule has 10 heteroatoms. The molecule has 37 heavy (non-hydrogen) atoms. The fourth-order valence-electron chi connectivity index (χ4n) is 5.35. The molecule has 1 aliphatic rings. The summed E-state index contributed by atoms with van der Waals surface area (Å²) >= 11 is 0. The number of rotatable bonds is 8. The number of benzene rings is 2. The maximum atomic E-state index is 11.2. The highest BCUT2D eigenvalue weighted by molar-refractivity contribution is 7.35. The molecule has 0 amide bonds. The van der Waals surface area contributed by atoms with Gasteiger partial charge in [-0.25, -0.2) is 0 Å². The van der Waals surface area contributed by atoms with Crippen molar-refractivity contribution in [3.8, 4) is 11.4 Å². The fourth-order valence-corrected chi connectivity index (χ4v) is 24.9. The first-order valence-corrected chi connectivity index (χ1v) is 22.6. The standard InChI is InChI=1S/C27H43N3O4Si3/c1-20-16-22(26(31)25(18-20)30-28-23-12-10-11-13-24(23)29-30)17-21(2)19-32-37(34-35(5,6)7)15-14-27(3,4)33-36(37,8)9/h10-13,16,18,21,31H,14-15,17,19H2,1-9H3. The van der Waals surface area contributed by atoms with Crippen molar-refractivity contribution in [2.24, 2.45) is 5.92 Å². The SMILES string of the molecule is Cc1cc(CC(C)CO[Si]2(O[Si](C)(C)C)CCC(C)(C)O[Si]2(C)C)c(O)c(-n2nc3ccccc3n2)c1. The highest BCUT2D eigenvalue weighted by atomic mass is 29.3. The van der Waals surface area contributed by atoms with Gasteiger partial charge in [-0.15, -0.1) is 15.0 Å². The Balaban J connectivity index is 1.55. The van der Waals surface area contributed by atoms with Crippen LogP contribution in [0.3, 0.4) is 0 Å². The van der Waals surface area contributed by atoms with Crippen molar-refractivity contribution in [3.63, 3.8) is 0 Å². The van der Waals surface area contributed by atoms with E-state index < -0.39 is 24.2 Å². The number of aromatic hydroxyl groups is 1. The molecule has 7 nitrogen and oxygen atoms in total. The Labute approximate surface area is 224 Å². The molecule has 1 fully saturated rings. The molecule has 2 aromatic carbocycles. The Morgan fingerprint density at radius 2 is 1.76 bits per heavy atom. The smallest absolute Gasteiger partial charge is 0.339 e. The zero-order valence-corrected chi connectivity index (χ0v) is 26.9. The van der Waals surface area contributed by atoms with Crippen molar-refractivity contribution in [3.05, 3.63) is 47.5 Å². The van der Waals surface area contributed by atoms with Crippen LogP contribution in [0, 0.1) is 12.8 Å². The highest BCUT2D eigenvalue weighted by Gasteiger charge is 2.62. The van der Waals surface area contributed by atoms with Crippen molar-refractivity contribution in [2.75, 3.05) is 6.61 Å². The largest absolute Gasteiger partial charge is 0.505 e. The zero-order valence-electron chi connectivity index (χ0n) is 23.9. The number of hydrogen-bond acceptors (Lipinski definition) is 6. The second-order valence-corrected chi connectivity index (χ2v) is 29.2. The van der Waals surface area contributed by atoms with Crippen molar-refractivity contribution in [2.45, 2.75) is 84.9 Å². The van der Waals surface area contributed by atoms with E-state index in [9.17, 15) is 5.11 Å². The van der Waals surface area contributed by atoms with Crippen LogP contribution in [0.4, 0.5) is 0 Å². The molecule has 2 atom stereocenters. The van der Waals surface area contributed by atoms with Gasteiger partial charge in [0, 0.05) is 6.61 Å². The minimum atomic E-state index is -2.53. The summed E-state index contributed by atoms with van der Waals surface area (Å²) in [6.07, 6.45) is 1.65. The van der Waals surface area contributed by atoms with Crippen LogP contribution >= 0.6 is 0 Å². The third kappa shape index (κ3) is 6.26. The highest BCUT2D eigenvalue weighted by Crippen LogP contribution is 2.42. The molecule has 0 bridgehead atoms. The molecule has 1 aliphatic heterocycles. The number of fused-ring (bicyclic) bond motifs is 1. The third-order valence-electron chi connectivity index (χ3n) is 6.96. The van der Waals surface area contributed by atoms with Crippen LogP contribution in [-0.2, 0) is 19.4 Å². The van der Waals surface area contributed by atoms with Crippen LogP contribution < -0.4 is 0 Å². The van der Waals surface area contributed by atoms with Gasteiger partial charge in [-0.3, -0.25) is 0 Å². The zero-order chi connectivity index (χ0) is 27.2. The monoisotopic (exact) mass is 557 g/mol. The van der Waals surface area contributed by atoms with E-state index in [-0.39, 0.29) is 17.3 Å². The average molecular weight is 558 g/mol. The van der Waals surface area contributed by atoms with E-state index in [1.807, 2.05) is 37.3 Å². The Hall–Kier alpha value is -1.83. The summed E-state index contributed by atoms with van der Waals surface area (Å²) in [7, 11) is -6.57. The molecule has 1 N–H and O–H groups in total. The number of aromatic nitrogens is 3. The normalized spacial score (nSPS) is 22.3. The van der Waals surface area contributed by atoms with Crippen LogP contribution in [0.5, 0.6) is 5.75 Å². The van der Waals surface area contributed by atoms with Crippen LogP contribution in [0.15, 0.2) is 36.4 Å². The summed E-state index contributed by atoms with van der Waals surface area (Å²) in [5.74, 6) is 0.417. The van der Waals surface area contributed by atoms with E-state index in [0.29, 0.717) is 18.7 Å². The van der Waals surface area contributed by atoms with Gasteiger partial charge in [0.15, 0.2) is 8.32 Å². The van der Waals surface area contributed by atoms with E-state index in [4.69, 9.17) is 13.0 Å². The first-order chi connectivity index (χ1) is 17.1. The number of hydrogen-bond donors (Lipinski definition) is 1. The lowest BCUT2D eigenvalue weighted by Gasteiger charge is -2.52. The molecule has 0 radical (unpaired) electrons. The van der Waals surface area contributed by atoms with Crippen molar-refractivity contribution in [1.29, 1.82) is 0 Å². The van der Waals surface area contributed by atoms with E-state index in [2.05, 4.69) is 69.8 Å². The second-order valence-electron chi connectivity index (χ2n) is 12.7. The number of aryl methyl sites for hydroxylation is 1. The van der Waals surface area contributed by atoms with E-state index in [1.54, 1.807) is 0 Å². The average Bonchev–Trinajstić information content (AvgIpc) is 3.19. The molecule has 2 unspecified atom stereocenters. The maximum absolute atomic E-state index is 11.2. The van der Waals surface area contributed by atoms with Crippen molar-refractivity contribution < 1.29 is 18.1 Å². The molecule has 1 saturated heterocycles. The topological polar surface area (TPSA) is 78.6 Å². The second kappa shape index (κ2) is 10.0. The van der Waals surface area contributed by atoms with Gasteiger partial charge < -0.3 is 18.1 Å². The number of nitrogens with zero attached hydrogens (tertiary/aromatic N) is 3. The number of phenolic OH excluding ortho intramolecular Hbond substituents is 1. The molecule has 0 aliphatic carbocycles. The number of phenols is 1. The van der Waals surface area contributed by atoms with Gasteiger partial charge in [-0.1, -0.05) is 25.1 Å². The van der Waals surface area contributed by atoms with Gasteiger partial charge in [0.05, 0.1) is 5.60 Å². The minimum absolute atomic E-state index is 0.126. The Bertz CT molecular complexity index is 1240. The van der Waals surface area contributed by atoms with Crippen molar-refractivity contribution >= 4 is 35.3 Å². The summed E-state index contributed by atoms with van der Waals surface area (Å²) < 4.78 is 20.6. The Morgan fingerprint density at radius 1 is 1.14 bits per heavy atom. The van der Waals surface area contributed by atoms with Gasteiger partial charge >= 0.3 is 8.08 Å². The van der Waals surface area contributed by atoms with Gasteiger partial charge in [0.2, 0.25) is 7.83 Å². The van der Waals surface area contributed by atoms with E-state index >= 15 is 0 Å². The summed E-state index contributed by atoms with van der Waals surface area (Å²) in [4.78, 5) is 1.54. The summed E-state index contributed by atoms with van der Waals surface area (Å²) in [5.41, 5.74) is 4.01. The minimum Gasteiger partial charge on any atom is -0.505 e. The Morgan fingerprint density at radius 3 is 2.32 bits per heavy atom. The molecular formula is C27H43N3O4Si3. The van der Waals surface area contributed by atoms with E-state index in [1.165, 1.54) is 4.80 Å². The van der Waals surface area contributed by atoms with Crippen LogP contribution in [0.1, 0.15) is 38.3 Å². The van der Waals surface area contributed by atoms with Crippen LogP contribution in [0.25, 0.3) is 16.7 Å². The van der Waals surface area contributed by atoms with Crippen molar-refractivity contribution in [1.82, 2.24) is 15.0 Å². The predicted octanol–water partition coefficient (Wildman–Crippen LogP) is 6.41. The van der Waals surface area contributed by atoms with Gasteiger partial charge in [0.1, 0.15) is 22.5 Å².